The second kappa shape index (κ2) is 5.08. The van der Waals surface area contributed by atoms with Crippen LogP contribution in [0.15, 0.2) is 11.7 Å². The van der Waals surface area contributed by atoms with E-state index in [2.05, 4.69) is 24.1 Å². The van der Waals surface area contributed by atoms with Crippen LogP contribution < -0.4 is 5.32 Å². The molecule has 1 aromatic rings. The number of aromatic nitrogens is 1. The molecule has 0 amide bonds. The van der Waals surface area contributed by atoms with Gasteiger partial charge in [0.05, 0.1) is 5.51 Å². The topological polar surface area (TPSA) is 24.9 Å². The summed E-state index contributed by atoms with van der Waals surface area (Å²) >= 11 is 1.75. The highest BCUT2D eigenvalue weighted by molar-refractivity contribution is 7.09. The minimum absolute atomic E-state index is 0.461. The van der Waals surface area contributed by atoms with Crippen LogP contribution >= 0.6 is 11.3 Å². The molecule has 0 aromatic carbocycles. The van der Waals surface area contributed by atoms with Crippen molar-refractivity contribution in [3.63, 3.8) is 0 Å². The first-order valence-corrected chi connectivity index (χ1v) is 6.80. The van der Waals surface area contributed by atoms with E-state index in [-0.39, 0.29) is 0 Å². The molecule has 0 spiro atoms. The van der Waals surface area contributed by atoms with Crippen LogP contribution in [0.4, 0.5) is 0 Å². The van der Waals surface area contributed by atoms with Crippen LogP contribution in [-0.2, 0) is 0 Å². The van der Waals surface area contributed by atoms with E-state index in [0.29, 0.717) is 12.1 Å². The smallest absolute Gasteiger partial charge is 0.0794 e. The van der Waals surface area contributed by atoms with Gasteiger partial charge in [-0.2, -0.15) is 0 Å². The Morgan fingerprint density at radius 2 is 2.27 bits per heavy atom. The highest BCUT2D eigenvalue weighted by atomic mass is 32.1. The lowest BCUT2D eigenvalue weighted by atomic mass is 9.85. The number of nitrogens with zero attached hydrogens (tertiary/aromatic N) is 1. The fourth-order valence-corrected chi connectivity index (χ4v) is 3.04. The fourth-order valence-electron chi connectivity index (χ4n) is 2.41. The molecule has 1 heterocycles. The van der Waals surface area contributed by atoms with Gasteiger partial charge in [-0.05, 0) is 25.7 Å². The van der Waals surface area contributed by atoms with Crippen molar-refractivity contribution < 1.29 is 0 Å². The van der Waals surface area contributed by atoms with Crippen molar-refractivity contribution in [2.24, 2.45) is 5.92 Å². The summed E-state index contributed by atoms with van der Waals surface area (Å²) in [6.45, 7) is 4.62. The summed E-state index contributed by atoms with van der Waals surface area (Å²) in [5.41, 5.74) is 1.91. The molecular formula is C12H20N2S. The monoisotopic (exact) mass is 224 g/mol. The number of hydrogen-bond acceptors (Lipinski definition) is 3. The number of nitrogens with one attached hydrogen (secondary N) is 1. The minimum Gasteiger partial charge on any atom is -0.306 e. The molecule has 0 saturated heterocycles. The molecule has 0 bridgehead atoms. The largest absolute Gasteiger partial charge is 0.306 e. The molecular weight excluding hydrogens is 204 g/mol. The van der Waals surface area contributed by atoms with E-state index < -0.39 is 0 Å². The summed E-state index contributed by atoms with van der Waals surface area (Å²) in [4.78, 5) is 5.49. The first kappa shape index (κ1) is 11.1. The lowest BCUT2D eigenvalue weighted by Gasteiger charge is -2.31. The lowest BCUT2D eigenvalue weighted by Crippen LogP contribution is -2.38. The Hall–Kier alpha value is -0.410. The molecule has 84 valence electrons. The van der Waals surface area contributed by atoms with Crippen LogP contribution in [0.3, 0.4) is 0 Å². The lowest BCUT2D eigenvalue weighted by molar-refractivity contribution is 0.264. The zero-order valence-corrected chi connectivity index (χ0v) is 10.4. The Balaban J connectivity index is 1.90. The van der Waals surface area contributed by atoms with Crippen LogP contribution in [0.2, 0.25) is 0 Å². The summed E-state index contributed by atoms with van der Waals surface area (Å²) < 4.78 is 0. The Labute approximate surface area is 96.1 Å². The summed E-state index contributed by atoms with van der Waals surface area (Å²) in [6, 6.07) is 1.17. The van der Waals surface area contributed by atoms with Gasteiger partial charge in [0.25, 0.3) is 0 Å². The predicted molar refractivity (Wildman–Crippen MR) is 65.1 cm³/mol. The van der Waals surface area contributed by atoms with Crippen molar-refractivity contribution >= 4 is 11.3 Å². The Morgan fingerprint density at radius 1 is 1.47 bits per heavy atom. The molecule has 1 aliphatic rings. The van der Waals surface area contributed by atoms with Crippen molar-refractivity contribution in [3.05, 3.63) is 16.6 Å². The molecule has 15 heavy (non-hydrogen) atoms. The SMILES string of the molecule is CC(NC1CCCCC1C)c1cncs1. The van der Waals surface area contributed by atoms with Gasteiger partial charge in [0.2, 0.25) is 0 Å². The van der Waals surface area contributed by atoms with Gasteiger partial charge in [0, 0.05) is 23.2 Å². The Morgan fingerprint density at radius 3 is 2.93 bits per heavy atom. The van der Waals surface area contributed by atoms with Gasteiger partial charge < -0.3 is 5.32 Å². The first-order chi connectivity index (χ1) is 7.27. The minimum atomic E-state index is 0.461. The maximum absolute atomic E-state index is 4.13. The molecule has 3 unspecified atom stereocenters. The van der Waals surface area contributed by atoms with E-state index >= 15 is 0 Å². The number of hydrogen-bond donors (Lipinski definition) is 1. The molecule has 1 fully saturated rings. The van der Waals surface area contributed by atoms with E-state index in [1.807, 2.05) is 11.7 Å². The molecule has 0 radical (unpaired) electrons. The second-order valence-electron chi connectivity index (χ2n) is 4.66. The molecule has 3 atom stereocenters. The summed E-state index contributed by atoms with van der Waals surface area (Å²) in [5, 5.41) is 3.74. The van der Waals surface area contributed by atoms with Crippen LogP contribution in [-0.4, -0.2) is 11.0 Å². The predicted octanol–water partition coefficient (Wildman–Crippen LogP) is 3.37. The summed E-state index contributed by atoms with van der Waals surface area (Å²) in [6.07, 6.45) is 7.50. The zero-order valence-electron chi connectivity index (χ0n) is 9.57. The van der Waals surface area contributed by atoms with Crippen molar-refractivity contribution in [2.75, 3.05) is 0 Å². The molecule has 3 heteroatoms. The van der Waals surface area contributed by atoms with Gasteiger partial charge in [-0.1, -0.05) is 19.8 Å². The van der Waals surface area contributed by atoms with Gasteiger partial charge in [-0.15, -0.1) is 11.3 Å². The maximum Gasteiger partial charge on any atom is 0.0794 e. The maximum atomic E-state index is 4.13. The highest BCUT2D eigenvalue weighted by Gasteiger charge is 2.23. The zero-order chi connectivity index (χ0) is 10.7. The second-order valence-corrected chi connectivity index (χ2v) is 5.58. The van der Waals surface area contributed by atoms with E-state index in [9.17, 15) is 0 Å². The molecule has 1 N–H and O–H groups in total. The normalized spacial score (nSPS) is 28.9. The van der Waals surface area contributed by atoms with Gasteiger partial charge in [0.15, 0.2) is 0 Å². The number of rotatable bonds is 3. The standard InChI is InChI=1S/C12H20N2S/c1-9-5-3-4-6-11(9)14-10(2)12-7-13-8-15-12/h7-11,14H,3-6H2,1-2H3. The average molecular weight is 224 g/mol. The molecule has 0 aliphatic heterocycles. The van der Waals surface area contributed by atoms with Crippen molar-refractivity contribution in [3.8, 4) is 0 Å². The van der Waals surface area contributed by atoms with Gasteiger partial charge in [-0.25, -0.2) is 0 Å². The van der Waals surface area contributed by atoms with Gasteiger partial charge in [-0.3, -0.25) is 4.98 Å². The van der Waals surface area contributed by atoms with E-state index in [0.717, 1.165) is 5.92 Å². The molecule has 1 aromatic heterocycles. The molecule has 2 nitrogen and oxygen atoms in total. The molecule has 1 saturated carbocycles. The third-order valence-electron chi connectivity index (χ3n) is 3.45. The van der Waals surface area contributed by atoms with Gasteiger partial charge >= 0.3 is 0 Å². The van der Waals surface area contributed by atoms with Crippen LogP contribution in [0.5, 0.6) is 0 Å². The summed E-state index contributed by atoms with van der Waals surface area (Å²) in [7, 11) is 0. The van der Waals surface area contributed by atoms with Crippen LogP contribution in [0.25, 0.3) is 0 Å². The quantitative estimate of drug-likeness (QED) is 0.851. The first-order valence-electron chi connectivity index (χ1n) is 5.92. The Bertz CT molecular complexity index is 284. The van der Waals surface area contributed by atoms with Gasteiger partial charge in [0.1, 0.15) is 0 Å². The number of thiazole rings is 1. The van der Waals surface area contributed by atoms with Crippen molar-refractivity contribution in [1.29, 1.82) is 0 Å². The van der Waals surface area contributed by atoms with Crippen molar-refractivity contribution in [1.82, 2.24) is 10.3 Å². The highest BCUT2D eigenvalue weighted by Crippen LogP contribution is 2.26. The summed E-state index contributed by atoms with van der Waals surface area (Å²) in [5.74, 6) is 0.828. The molecule has 1 aliphatic carbocycles. The van der Waals surface area contributed by atoms with E-state index in [1.165, 1.54) is 30.6 Å². The third kappa shape index (κ3) is 2.79. The van der Waals surface area contributed by atoms with E-state index in [1.54, 1.807) is 11.3 Å². The third-order valence-corrected chi connectivity index (χ3v) is 4.41. The van der Waals surface area contributed by atoms with E-state index in [4.69, 9.17) is 0 Å². The fraction of sp³-hybridized carbons (Fsp3) is 0.750. The average Bonchev–Trinajstić information content (AvgIpc) is 2.74. The van der Waals surface area contributed by atoms with Crippen LogP contribution in [0, 0.1) is 5.92 Å². The van der Waals surface area contributed by atoms with Crippen molar-refractivity contribution in [2.45, 2.75) is 51.6 Å². The Kier molecular flexibility index (Phi) is 3.76. The van der Waals surface area contributed by atoms with Crippen LogP contribution in [0.1, 0.15) is 50.4 Å². The molecule has 2 rings (SSSR count).